The van der Waals surface area contributed by atoms with Gasteiger partial charge in [-0.1, -0.05) is 30.0 Å². The smallest absolute Gasteiger partial charge is 0.239 e. The lowest BCUT2D eigenvalue weighted by Gasteiger charge is -2.21. The van der Waals surface area contributed by atoms with Gasteiger partial charge in [0.05, 0.1) is 10.8 Å². The van der Waals surface area contributed by atoms with E-state index in [4.69, 9.17) is 0 Å². The fourth-order valence-electron chi connectivity index (χ4n) is 2.29. The number of aromatic nitrogens is 1. The third kappa shape index (κ3) is 3.91. The second-order valence-corrected chi connectivity index (χ2v) is 6.69. The van der Waals surface area contributed by atoms with E-state index in [1.54, 1.807) is 11.9 Å². The van der Waals surface area contributed by atoms with Gasteiger partial charge in [-0.2, -0.15) is 5.26 Å². The number of hydrogen-bond donors (Lipinski definition) is 0. The van der Waals surface area contributed by atoms with Crippen molar-refractivity contribution in [3.8, 4) is 6.07 Å². The van der Waals surface area contributed by atoms with E-state index in [-0.39, 0.29) is 11.2 Å². The third-order valence-corrected chi connectivity index (χ3v) is 4.61. The Hall–Kier alpha value is -2.32. The summed E-state index contributed by atoms with van der Waals surface area (Å²) in [4.78, 5) is 18.7. The van der Waals surface area contributed by atoms with Crippen molar-refractivity contribution in [3.05, 3.63) is 53.2 Å². The van der Waals surface area contributed by atoms with Crippen LogP contribution in [-0.4, -0.2) is 23.2 Å². The van der Waals surface area contributed by atoms with Gasteiger partial charge >= 0.3 is 0 Å². The van der Waals surface area contributed by atoms with Gasteiger partial charge in [0.15, 0.2) is 0 Å². The van der Waals surface area contributed by atoms with Crippen molar-refractivity contribution >= 4 is 23.4 Å². The number of hydrogen-bond acceptors (Lipinski definition) is 4. The summed E-state index contributed by atoms with van der Waals surface area (Å²) in [6.07, 6.45) is 0. The number of pyridine rings is 1. The molecular weight excluding hydrogens is 306 g/mol. The Kier molecular flexibility index (Phi) is 5.41. The molecule has 0 N–H and O–H groups in total. The lowest BCUT2D eigenvalue weighted by atomic mass is 10.1. The van der Waals surface area contributed by atoms with Crippen LogP contribution in [0.1, 0.15) is 23.7 Å². The highest BCUT2D eigenvalue weighted by atomic mass is 32.2. The summed E-state index contributed by atoms with van der Waals surface area (Å²) in [5.74, 6) is -0.0222. The standard InChI is InChI=1S/C18H19N3OS/c1-12-10-13(2)20-17(16(12)11-19)23-14(3)18(22)21(4)15-8-6-5-7-9-15/h5-10,14H,1-4H3. The Morgan fingerprint density at radius 2 is 1.96 bits per heavy atom. The van der Waals surface area contributed by atoms with E-state index in [0.29, 0.717) is 10.6 Å². The quantitative estimate of drug-likeness (QED) is 0.804. The first-order chi connectivity index (χ1) is 10.9. The highest BCUT2D eigenvalue weighted by Gasteiger charge is 2.22. The van der Waals surface area contributed by atoms with E-state index >= 15 is 0 Å². The minimum atomic E-state index is -0.332. The molecule has 4 nitrogen and oxygen atoms in total. The lowest BCUT2D eigenvalue weighted by molar-refractivity contribution is -0.117. The van der Waals surface area contributed by atoms with Crippen LogP contribution in [0.4, 0.5) is 5.69 Å². The fourth-order valence-corrected chi connectivity index (χ4v) is 3.41. The van der Waals surface area contributed by atoms with Crippen LogP contribution in [0.2, 0.25) is 0 Å². The molecule has 1 atom stereocenters. The minimum Gasteiger partial charge on any atom is -0.315 e. The number of para-hydroxylation sites is 1. The molecule has 1 amide bonds. The number of anilines is 1. The van der Waals surface area contributed by atoms with Gasteiger partial charge in [-0.15, -0.1) is 0 Å². The second-order valence-electron chi connectivity index (χ2n) is 5.37. The number of rotatable bonds is 4. The Labute approximate surface area is 141 Å². The summed E-state index contributed by atoms with van der Waals surface area (Å²) in [6, 6.07) is 13.6. The van der Waals surface area contributed by atoms with E-state index in [1.807, 2.05) is 57.2 Å². The number of nitriles is 1. The third-order valence-electron chi connectivity index (χ3n) is 3.53. The molecule has 2 aromatic rings. The number of nitrogens with zero attached hydrogens (tertiary/aromatic N) is 3. The number of aryl methyl sites for hydroxylation is 2. The van der Waals surface area contributed by atoms with Gasteiger partial charge in [0.1, 0.15) is 11.1 Å². The average Bonchev–Trinajstić information content (AvgIpc) is 2.54. The predicted molar refractivity (Wildman–Crippen MR) is 93.6 cm³/mol. The van der Waals surface area contributed by atoms with Crippen molar-refractivity contribution in [3.63, 3.8) is 0 Å². The molecule has 0 spiro atoms. The fraction of sp³-hybridized carbons (Fsp3) is 0.278. The van der Waals surface area contributed by atoms with Crippen LogP contribution in [0.15, 0.2) is 41.4 Å². The molecule has 118 valence electrons. The number of thioether (sulfide) groups is 1. The van der Waals surface area contributed by atoms with E-state index in [9.17, 15) is 10.1 Å². The molecule has 0 aliphatic rings. The van der Waals surface area contributed by atoms with Crippen LogP contribution >= 0.6 is 11.8 Å². The predicted octanol–water partition coefficient (Wildman–Crippen LogP) is 3.71. The van der Waals surface area contributed by atoms with E-state index in [2.05, 4.69) is 11.1 Å². The Morgan fingerprint density at radius 1 is 1.30 bits per heavy atom. The normalized spacial score (nSPS) is 11.6. The first-order valence-corrected chi connectivity index (χ1v) is 8.19. The zero-order chi connectivity index (χ0) is 17.0. The highest BCUT2D eigenvalue weighted by molar-refractivity contribution is 8.00. The molecule has 0 fully saturated rings. The molecule has 0 aliphatic carbocycles. The van der Waals surface area contributed by atoms with Crippen LogP contribution in [0.5, 0.6) is 0 Å². The average molecular weight is 325 g/mol. The molecule has 1 aromatic heterocycles. The minimum absolute atomic E-state index is 0.0222. The molecule has 1 unspecified atom stereocenters. The monoisotopic (exact) mass is 325 g/mol. The zero-order valence-electron chi connectivity index (χ0n) is 13.7. The number of benzene rings is 1. The summed E-state index contributed by atoms with van der Waals surface area (Å²) in [6.45, 7) is 5.62. The van der Waals surface area contributed by atoms with Crippen molar-refractivity contribution in [1.82, 2.24) is 4.98 Å². The van der Waals surface area contributed by atoms with Crippen LogP contribution in [0.3, 0.4) is 0 Å². The first kappa shape index (κ1) is 17.0. The number of carbonyl (C=O) groups is 1. The van der Waals surface area contributed by atoms with E-state index < -0.39 is 0 Å². The number of carbonyl (C=O) groups excluding carboxylic acids is 1. The maximum absolute atomic E-state index is 12.6. The van der Waals surface area contributed by atoms with Crippen LogP contribution in [0.25, 0.3) is 0 Å². The second kappa shape index (κ2) is 7.30. The maximum atomic E-state index is 12.6. The molecule has 5 heteroatoms. The SMILES string of the molecule is Cc1cc(C)c(C#N)c(SC(C)C(=O)N(C)c2ccccc2)n1. The van der Waals surface area contributed by atoms with Crippen LogP contribution in [0, 0.1) is 25.2 Å². The summed E-state index contributed by atoms with van der Waals surface area (Å²) in [5.41, 5.74) is 3.13. The van der Waals surface area contributed by atoms with Crippen molar-refractivity contribution in [2.24, 2.45) is 0 Å². The van der Waals surface area contributed by atoms with Gasteiger partial charge < -0.3 is 4.90 Å². The Bertz CT molecular complexity index is 753. The van der Waals surface area contributed by atoms with Gasteiger partial charge in [0, 0.05) is 18.4 Å². The molecule has 1 heterocycles. The van der Waals surface area contributed by atoms with Crippen molar-refractivity contribution in [1.29, 1.82) is 5.26 Å². The molecule has 0 aliphatic heterocycles. The van der Waals surface area contributed by atoms with Crippen molar-refractivity contribution < 1.29 is 4.79 Å². The van der Waals surface area contributed by atoms with E-state index in [0.717, 1.165) is 16.9 Å². The largest absolute Gasteiger partial charge is 0.315 e. The molecule has 23 heavy (non-hydrogen) atoms. The van der Waals surface area contributed by atoms with Crippen LogP contribution in [-0.2, 0) is 4.79 Å². The van der Waals surface area contributed by atoms with Gasteiger partial charge in [-0.25, -0.2) is 4.98 Å². The molecule has 0 radical (unpaired) electrons. The highest BCUT2D eigenvalue weighted by Crippen LogP contribution is 2.28. The Morgan fingerprint density at radius 3 is 2.57 bits per heavy atom. The van der Waals surface area contributed by atoms with Crippen LogP contribution < -0.4 is 4.90 Å². The molecule has 0 saturated carbocycles. The lowest BCUT2D eigenvalue weighted by Crippen LogP contribution is -2.33. The summed E-state index contributed by atoms with van der Waals surface area (Å²) >= 11 is 1.33. The molecule has 2 rings (SSSR count). The van der Waals surface area contributed by atoms with Gasteiger partial charge in [-0.05, 0) is 44.5 Å². The molecule has 1 aromatic carbocycles. The topological polar surface area (TPSA) is 57.0 Å². The van der Waals surface area contributed by atoms with Crippen molar-refractivity contribution in [2.45, 2.75) is 31.0 Å². The summed E-state index contributed by atoms with van der Waals surface area (Å²) in [5, 5.41) is 9.62. The number of amides is 1. The van der Waals surface area contributed by atoms with Gasteiger partial charge in [-0.3, -0.25) is 4.79 Å². The molecule has 0 bridgehead atoms. The molecule has 0 saturated heterocycles. The summed E-state index contributed by atoms with van der Waals surface area (Å²) in [7, 11) is 1.76. The van der Waals surface area contributed by atoms with E-state index in [1.165, 1.54) is 11.8 Å². The van der Waals surface area contributed by atoms with Gasteiger partial charge in [0.2, 0.25) is 5.91 Å². The zero-order valence-corrected chi connectivity index (χ0v) is 14.5. The Balaban J connectivity index is 2.21. The summed E-state index contributed by atoms with van der Waals surface area (Å²) < 4.78 is 0. The maximum Gasteiger partial charge on any atom is 0.239 e. The van der Waals surface area contributed by atoms with Crippen molar-refractivity contribution in [2.75, 3.05) is 11.9 Å². The molecular formula is C18H19N3OS. The van der Waals surface area contributed by atoms with Gasteiger partial charge in [0.25, 0.3) is 0 Å². The first-order valence-electron chi connectivity index (χ1n) is 7.31.